The quantitative estimate of drug-likeness (QED) is 0.0792. The molecule has 6 N–H and O–H groups in total. The molecule has 0 unspecified atom stereocenters. The van der Waals surface area contributed by atoms with Gasteiger partial charge in [-0.05, 0) is 39.3 Å². The number of ether oxygens (including phenoxy) is 1. The largest absolute Gasteiger partial charge is 0.496 e. The number of hydrogen-bond donors (Lipinski definition) is 5. The highest BCUT2D eigenvalue weighted by Gasteiger charge is 2.21. The van der Waals surface area contributed by atoms with E-state index in [4.69, 9.17) is 15.6 Å². The van der Waals surface area contributed by atoms with Crippen LogP contribution < -0.4 is 32.0 Å². The van der Waals surface area contributed by atoms with Gasteiger partial charge in [0, 0.05) is 53.0 Å². The highest BCUT2D eigenvalue weighted by molar-refractivity contribution is 6.02. The molecular formula is C30H36N8O8. The van der Waals surface area contributed by atoms with Crippen molar-refractivity contribution in [2.45, 2.75) is 59.3 Å². The Hall–Kier alpha value is -5.80. The van der Waals surface area contributed by atoms with Crippen molar-refractivity contribution in [1.29, 1.82) is 0 Å². The number of carbonyl (C=O) groups is 3. The van der Waals surface area contributed by atoms with Crippen LogP contribution in [0.15, 0.2) is 52.4 Å². The summed E-state index contributed by atoms with van der Waals surface area (Å²) >= 11 is 0. The third-order valence-electron chi connectivity index (χ3n) is 6.73. The lowest BCUT2D eigenvalue weighted by Crippen LogP contribution is -2.35. The molecule has 3 aromatic rings. The van der Waals surface area contributed by atoms with Crippen molar-refractivity contribution in [2.75, 3.05) is 12.4 Å². The molecule has 46 heavy (non-hydrogen) atoms. The predicted octanol–water partition coefficient (Wildman–Crippen LogP) is 2.88. The topological polar surface area (TPSA) is 233 Å². The predicted molar refractivity (Wildman–Crippen MR) is 170 cm³/mol. The Morgan fingerprint density at radius 2 is 1.87 bits per heavy atom. The molecule has 2 aromatic carbocycles. The van der Waals surface area contributed by atoms with Gasteiger partial charge in [-0.1, -0.05) is 19.1 Å². The van der Waals surface area contributed by atoms with Crippen LogP contribution in [0.3, 0.4) is 0 Å². The van der Waals surface area contributed by atoms with Crippen molar-refractivity contribution < 1.29 is 29.2 Å². The van der Waals surface area contributed by atoms with E-state index in [9.17, 15) is 29.3 Å². The first-order chi connectivity index (χ1) is 21.7. The maximum atomic E-state index is 13.6. The van der Waals surface area contributed by atoms with E-state index in [0.717, 1.165) is 10.6 Å². The summed E-state index contributed by atoms with van der Waals surface area (Å²) in [5, 5.41) is 29.0. The Morgan fingerprint density at radius 1 is 1.15 bits per heavy atom. The molecule has 0 radical (unpaired) electrons. The van der Waals surface area contributed by atoms with E-state index >= 15 is 0 Å². The summed E-state index contributed by atoms with van der Waals surface area (Å²) in [6.07, 6.45) is 0.486. The maximum Gasteiger partial charge on any atom is 0.433 e. The molecular weight excluding hydrogens is 600 g/mol. The van der Waals surface area contributed by atoms with E-state index in [0.29, 0.717) is 23.3 Å². The number of methoxy groups -OCH3 is 1. The van der Waals surface area contributed by atoms with Gasteiger partial charge in [-0.2, -0.15) is 4.99 Å². The second-order valence-electron chi connectivity index (χ2n) is 10.6. The van der Waals surface area contributed by atoms with Crippen molar-refractivity contribution in [3.8, 4) is 17.0 Å². The summed E-state index contributed by atoms with van der Waals surface area (Å²) in [5.74, 6) is -1.11. The van der Waals surface area contributed by atoms with Crippen molar-refractivity contribution >= 4 is 35.2 Å². The molecule has 0 aliphatic heterocycles. The maximum absolute atomic E-state index is 13.6. The number of nitrogens with zero attached hydrogens (tertiary/aromatic N) is 4. The average molecular weight is 637 g/mol. The minimum absolute atomic E-state index is 0.00177. The van der Waals surface area contributed by atoms with Crippen LogP contribution in [0.5, 0.6) is 5.75 Å². The number of nitro benzene ring substituents is 1. The first-order valence-corrected chi connectivity index (χ1v) is 14.2. The number of anilines is 1. The van der Waals surface area contributed by atoms with E-state index in [-0.39, 0.29) is 52.8 Å². The SMILES string of the molecule is CC[C@@H](C)NC(=O)c1cc(-c2cnc(NC(C)C)c(=O)n2CC(=O)NCc2ccc(/C(N)=N/C(=O)O)cc2OC)cc([N+](=O)[O-])c1. The van der Waals surface area contributed by atoms with Gasteiger partial charge in [0.1, 0.15) is 18.1 Å². The molecule has 16 nitrogen and oxygen atoms in total. The number of nitro groups is 1. The standard InChI is InChI=1S/C30H36N8O8/c1-6-17(4)35-28(40)21-9-20(10-22(11-21)38(44)45)23-14-33-27(34-16(2)3)29(41)37(23)15-25(39)32-13-19-8-7-18(12-24(19)46-5)26(31)36-30(42)43/h7-12,14,16-17H,6,13,15H2,1-5H3,(H2,31,36)(H,32,39)(H,33,34)(H,35,40)(H,42,43)/t17-/m1/s1. The molecule has 0 fully saturated rings. The van der Waals surface area contributed by atoms with Gasteiger partial charge in [0.05, 0.1) is 23.9 Å². The molecule has 0 aliphatic carbocycles. The van der Waals surface area contributed by atoms with Crippen molar-refractivity contribution in [2.24, 2.45) is 10.7 Å². The van der Waals surface area contributed by atoms with Crippen LogP contribution in [0.1, 0.15) is 55.6 Å². The number of non-ortho nitro benzene ring substituents is 1. The summed E-state index contributed by atoms with van der Waals surface area (Å²) < 4.78 is 6.48. The van der Waals surface area contributed by atoms with Crippen LogP contribution in [-0.4, -0.2) is 62.5 Å². The zero-order chi connectivity index (χ0) is 34.1. The number of nitrogens with one attached hydrogen (secondary N) is 3. The summed E-state index contributed by atoms with van der Waals surface area (Å²) in [6, 6.07) is 7.93. The van der Waals surface area contributed by atoms with Crippen molar-refractivity contribution in [1.82, 2.24) is 20.2 Å². The first kappa shape index (κ1) is 34.7. The minimum atomic E-state index is -1.46. The number of benzene rings is 2. The lowest BCUT2D eigenvalue weighted by Gasteiger charge is -2.17. The highest BCUT2D eigenvalue weighted by Crippen LogP contribution is 2.26. The van der Waals surface area contributed by atoms with Crippen LogP contribution in [0.2, 0.25) is 0 Å². The summed E-state index contributed by atoms with van der Waals surface area (Å²) in [5.41, 5.74) is 5.69. The summed E-state index contributed by atoms with van der Waals surface area (Å²) in [4.78, 5) is 69.2. The fourth-order valence-electron chi connectivity index (χ4n) is 4.26. The molecule has 0 bridgehead atoms. The van der Waals surface area contributed by atoms with Gasteiger partial charge in [0.15, 0.2) is 5.82 Å². The van der Waals surface area contributed by atoms with E-state index < -0.39 is 34.9 Å². The van der Waals surface area contributed by atoms with Crippen LogP contribution in [0, 0.1) is 10.1 Å². The molecule has 0 saturated heterocycles. The number of nitrogens with two attached hydrogens (primary N) is 1. The van der Waals surface area contributed by atoms with Gasteiger partial charge in [-0.25, -0.2) is 9.78 Å². The number of rotatable bonds is 13. The van der Waals surface area contributed by atoms with Crippen molar-refractivity contribution in [3.05, 3.63) is 79.8 Å². The highest BCUT2D eigenvalue weighted by atomic mass is 16.6. The average Bonchev–Trinajstić information content (AvgIpc) is 3.00. The molecule has 0 aliphatic rings. The van der Waals surface area contributed by atoms with E-state index in [1.807, 2.05) is 6.92 Å². The lowest BCUT2D eigenvalue weighted by atomic mass is 10.1. The summed E-state index contributed by atoms with van der Waals surface area (Å²) in [7, 11) is 1.39. The second-order valence-corrected chi connectivity index (χ2v) is 10.6. The smallest absolute Gasteiger partial charge is 0.433 e. The molecule has 1 atom stereocenters. The number of amidine groups is 1. The van der Waals surface area contributed by atoms with Crippen LogP contribution in [-0.2, 0) is 17.9 Å². The number of aromatic nitrogens is 2. The number of aliphatic imine (C=N–C) groups is 1. The van der Waals surface area contributed by atoms with E-state index in [1.165, 1.54) is 37.6 Å². The van der Waals surface area contributed by atoms with Gasteiger partial charge in [0.25, 0.3) is 17.2 Å². The van der Waals surface area contributed by atoms with E-state index in [1.54, 1.807) is 26.8 Å². The van der Waals surface area contributed by atoms with Gasteiger partial charge >= 0.3 is 6.09 Å². The lowest BCUT2D eigenvalue weighted by molar-refractivity contribution is -0.384. The van der Waals surface area contributed by atoms with Gasteiger partial charge < -0.3 is 31.5 Å². The zero-order valence-electron chi connectivity index (χ0n) is 26.0. The Bertz CT molecular complexity index is 1730. The molecule has 3 amide bonds. The number of hydrogen-bond acceptors (Lipinski definition) is 9. The first-order valence-electron chi connectivity index (χ1n) is 14.2. The summed E-state index contributed by atoms with van der Waals surface area (Å²) in [6.45, 7) is 6.73. The fraction of sp³-hybridized carbons (Fsp3) is 0.333. The number of carboxylic acid groups (broad SMARTS) is 1. The van der Waals surface area contributed by atoms with Gasteiger partial charge in [0.2, 0.25) is 5.91 Å². The molecule has 1 heterocycles. The molecule has 0 spiro atoms. The second kappa shape index (κ2) is 15.3. The third-order valence-corrected chi connectivity index (χ3v) is 6.73. The molecule has 16 heteroatoms. The number of amides is 3. The number of carbonyl (C=O) groups excluding carboxylic acids is 2. The molecule has 0 saturated carbocycles. The van der Waals surface area contributed by atoms with Crippen LogP contribution >= 0.6 is 0 Å². The Balaban J connectivity index is 2.00. The Labute approximate surface area is 263 Å². The third kappa shape index (κ3) is 8.87. The van der Waals surface area contributed by atoms with Crippen LogP contribution in [0.25, 0.3) is 11.3 Å². The monoisotopic (exact) mass is 636 g/mol. The Morgan fingerprint density at radius 3 is 2.48 bits per heavy atom. The molecule has 244 valence electrons. The van der Waals surface area contributed by atoms with Gasteiger partial charge in [-0.3, -0.25) is 29.1 Å². The van der Waals surface area contributed by atoms with Gasteiger partial charge in [-0.15, -0.1) is 0 Å². The zero-order valence-corrected chi connectivity index (χ0v) is 26.0. The Kier molecular flexibility index (Phi) is 11.5. The fourth-order valence-corrected chi connectivity index (χ4v) is 4.26. The molecule has 3 rings (SSSR count). The van der Waals surface area contributed by atoms with Crippen LogP contribution in [0.4, 0.5) is 16.3 Å². The normalized spacial score (nSPS) is 11.9. The minimum Gasteiger partial charge on any atom is -0.496 e. The van der Waals surface area contributed by atoms with E-state index in [2.05, 4.69) is 25.9 Å². The van der Waals surface area contributed by atoms with Crippen molar-refractivity contribution in [3.63, 3.8) is 0 Å². The molecule has 1 aromatic heterocycles.